The highest BCUT2D eigenvalue weighted by Crippen LogP contribution is 2.27. The summed E-state index contributed by atoms with van der Waals surface area (Å²) in [5, 5.41) is 16.1. The molecule has 25 heavy (non-hydrogen) atoms. The Balaban J connectivity index is 1.60. The first-order valence-corrected chi connectivity index (χ1v) is 8.37. The van der Waals surface area contributed by atoms with Gasteiger partial charge in [-0.1, -0.05) is 54.6 Å². The second-order valence-corrected chi connectivity index (χ2v) is 6.32. The van der Waals surface area contributed by atoms with Gasteiger partial charge in [0.25, 0.3) is 0 Å². The molecule has 0 bridgehead atoms. The van der Waals surface area contributed by atoms with E-state index in [0.29, 0.717) is 6.54 Å². The first-order valence-electron chi connectivity index (χ1n) is 8.37. The molecule has 1 aliphatic heterocycles. The Labute approximate surface area is 145 Å². The number of aromatic amines is 1. The minimum Gasteiger partial charge on any atom is -0.476 e. The normalized spacial score (nSPS) is 14.2. The van der Waals surface area contributed by atoms with Crippen molar-refractivity contribution in [3.63, 3.8) is 0 Å². The van der Waals surface area contributed by atoms with Crippen molar-refractivity contribution in [3.05, 3.63) is 77.1 Å². The maximum atomic E-state index is 11.3. The Bertz CT molecular complexity index is 902. The molecule has 0 fully saturated rings. The summed E-state index contributed by atoms with van der Waals surface area (Å²) in [5.74, 6) is -0.968. The van der Waals surface area contributed by atoms with E-state index in [1.54, 1.807) is 0 Å². The van der Waals surface area contributed by atoms with Crippen molar-refractivity contribution in [3.8, 4) is 11.1 Å². The minimum atomic E-state index is -0.968. The summed E-state index contributed by atoms with van der Waals surface area (Å²) < 4.78 is 0. The maximum Gasteiger partial charge on any atom is 0.356 e. The van der Waals surface area contributed by atoms with Crippen LogP contribution in [0.15, 0.2) is 54.6 Å². The predicted molar refractivity (Wildman–Crippen MR) is 95.2 cm³/mol. The molecule has 5 heteroatoms. The monoisotopic (exact) mass is 333 g/mol. The number of rotatable bonds is 4. The number of hydrogen-bond donors (Lipinski definition) is 2. The molecule has 3 aromatic rings. The van der Waals surface area contributed by atoms with Gasteiger partial charge in [0, 0.05) is 37.3 Å². The zero-order valence-corrected chi connectivity index (χ0v) is 13.8. The first kappa shape index (κ1) is 15.6. The van der Waals surface area contributed by atoms with E-state index in [2.05, 4.69) is 51.5 Å². The van der Waals surface area contributed by atoms with Crippen LogP contribution in [0.25, 0.3) is 11.1 Å². The van der Waals surface area contributed by atoms with E-state index in [4.69, 9.17) is 0 Å². The van der Waals surface area contributed by atoms with Crippen LogP contribution in [0.4, 0.5) is 0 Å². The lowest BCUT2D eigenvalue weighted by atomic mass is 9.98. The summed E-state index contributed by atoms with van der Waals surface area (Å²) in [6.07, 6.45) is 0.795. The molecule has 2 heterocycles. The Morgan fingerprint density at radius 3 is 2.68 bits per heavy atom. The van der Waals surface area contributed by atoms with Crippen molar-refractivity contribution in [1.82, 2.24) is 15.1 Å². The lowest BCUT2D eigenvalue weighted by molar-refractivity contribution is 0.0687. The standard InChI is InChI=1S/C20H19N3O2/c24-20(25)19-17-13-23(11-10-18(17)21-22-19)12-15-8-4-5-9-16(15)14-6-2-1-3-7-14/h1-9H,10-13H2,(H,21,22)(H,24,25). The third kappa shape index (κ3) is 3.06. The molecule has 0 amide bonds. The largest absolute Gasteiger partial charge is 0.476 e. The van der Waals surface area contributed by atoms with Gasteiger partial charge in [0.05, 0.1) is 0 Å². The van der Waals surface area contributed by atoms with Gasteiger partial charge in [-0.3, -0.25) is 10.00 Å². The van der Waals surface area contributed by atoms with Crippen LogP contribution in [0.3, 0.4) is 0 Å². The number of hydrogen-bond acceptors (Lipinski definition) is 3. The number of nitrogens with zero attached hydrogens (tertiary/aromatic N) is 2. The number of carboxylic acids is 1. The molecule has 1 aromatic heterocycles. The fourth-order valence-electron chi connectivity index (χ4n) is 3.46. The fourth-order valence-corrected chi connectivity index (χ4v) is 3.46. The Morgan fingerprint density at radius 2 is 1.88 bits per heavy atom. The van der Waals surface area contributed by atoms with E-state index < -0.39 is 5.97 Å². The van der Waals surface area contributed by atoms with Crippen LogP contribution in [-0.4, -0.2) is 32.7 Å². The van der Waals surface area contributed by atoms with Gasteiger partial charge in [-0.05, 0) is 16.7 Å². The summed E-state index contributed by atoms with van der Waals surface area (Å²) >= 11 is 0. The third-order valence-electron chi connectivity index (χ3n) is 4.71. The van der Waals surface area contributed by atoms with Gasteiger partial charge in [0.1, 0.15) is 0 Å². The van der Waals surface area contributed by atoms with Crippen molar-refractivity contribution in [2.75, 3.05) is 6.54 Å². The molecule has 0 saturated carbocycles. The lowest BCUT2D eigenvalue weighted by Crippen LogP contribution is -2.30. The molecule has 2 aromatic carbocycles. The molecule has 0 spiro atoms. The van der Waals surface area contributed by atoms with Crippen molar-refractivity contribution >= 4 is 5.97 Å². The van der Waals surface area contributed by atoms with Gasteiger partial charge in [0.15, 0.2) is 5.69 Å². The highest BCUT2D eigenvalue weighted by Gasteiger charge is 2.25. The number of aromatic carboxylic acids is 1. The molecule has 126 valence electrons. The average molecular weight is 333 g/mol. The van der Waals surface area contributed by atoms with Crippen LogP contribution in [0, 0.1) is 0 Å². The van der Waals surface area contributed by atoms with E-state index >= 15 is 0 Å². The van der Waals surface area contributed by atoms with Gasteiger partial charge in [-0.15, -0.1) is 0 Å². The average Bonchev–Trinajstić information content (AvgIpc) is 3.06. The lowest BCUT2D eigenvalue weighted by Gasteiger charge is -2.27. The number of carbonyl (C=O) groups is 1. The predicted octanol–water partition coefficient (Wildman–Crippen LogP) is 3.33. The van der Waals surface area contributed by atoms with Gasteiger partial charge in [-0.2, -0.15) is 5.10 Å². The van der Waals surface area contributed by atoms with Gasteiger partial charge in [0.2, 0.25) is 0 Å². The molecule has 0 atom stereocenters. The molecular weight excluding hydrogens is 314 g/mol. The summed E-state index contributed by atoms with van der Waals surface area (Å²) in [6.45, 7) is 2.28. The molecule has 0 unspecified atom stereocenters. The number of benzene rings is 2. The molecule has 2 N–H and O–H groups in total. The highest BCUT2D eigenvalue weighted by molar-refractivity contribution is 5.87. The number of fused-ring (bicyclic) bond motifs is 1. The van der Waals surface area contributed by atoms with Crippen molar-refractivity contribution in [2.45, 2.75) is 19.5 Å². The van der Waals surface area contributed by atoms with Gasteiger partial charge < -0.3 is 5.11 Å². The van der Waals surface area contributed by atoms with E-state index in [-0.39, 0.29) is 5.69 Å². The summed E-state index contributed by atoms with van der Waals surface area (Å²) in [6, 6.07) is 18.7. The molecule has 5 nitrogen and oxygen atoms in total. The van der Waals surface area contributed by atoms with E-state index in [1.807, 2.05) is 18.2 Å². The zero-order valence-electron chi connectivity index (χ0n) is 13.8. The van der Waals surface area contributed by atoms with Crippen LogP contribution in [0.5, 0.6) is 0 Å². The van der Waals surface area contributed by atoms with Crippen LogP contribution in [0.2, 0.25) is 0 Å². The van der Waals surface area contributed by atoms with Crippen LogP contribution in [-0.2, 0) is 19.5 Å². The van der Waals surface area contributed by atoms with Crippen molar-refractivity contribution < 1.29 is 9.90 Å². The third-order valence-corrected chi connectivity index (χ3v) is 4.71. The second kappa shape index (κ2) is 6.53. The molecule has 1 aliphatic rings. The summed E-state index contributed by atoms with van der Waals surface area (Å²) in [7, 11) is 0. The van der Waals surface area contributed by atoms with E-state index in [0.717, 1.165) is 30.8 Å². The highest BCUT2D eigenvalue weighted by atomic mass is 16.4. The zero-order chi connectivity index (χ0) is 17.2. The Hall–Kier alpha value is -2.92. The first-order chi connectivity index (χ1) is 12.2. The fraction of sp³-hybridized carbons (Fsp3) is 0.200. The Morgan fingerprint density at radius 1 is 1.12 bits per heavy atom. The number of aromatic nitrogens is 2. The Kier molecular flexibility index (Phi) is 4.07. The smallest absolute Gasteiger partial charge is 0.356 e. The molecule has 0 saturated heterocycles. The minimum absolute atomic E-state index is 0.149. The quantitative estimate of drug-likeness (QED) is 0.768. The SMILES string of the molecule is O=C(O)c1n[nH]c2c1CN(Cc1ccccc1-c1ccccc1)CC2. The number of H-pyrrole nitrogens is 1. The van der Waals surface area contributed by atoms with Gasteiger partial charge >= 0.3 is 5.97 Å². The van der Waals surface area contributed by atoms with Crippen LogP contribution in [0.1, 0.15) is 27.3 Å². The van der Waals surface area contributed by atoms with Crippen molar-refractivity contribution in [2.24, 2.45) is 0 Å². The van der Waals surface area contributed by atoms with Crippen molar-refractivity contribution in [1.29, 1.82) is 0 Å². The number of carboxylic acid groups (broad SMARTS) is 1. The molecule has 4 rings (SSSR count). The second-order valence-electron chi connectivity index (χ2n) is 6.32. The van der Waals surface area contributed by atoms with Crippen LogP contribution < -0.4 is 0 Å². The summed E-state index contributed by atoms with van der Waals surface area (Å²) in [4.78, 5) is 13.6. The van der Waals surface area contributed by atoms with Crippen LogP contribution >= 0.6 is 0 Å². The molecule has 0 aliphatic carbocycles. The van der Waals surface area contributed by atoms with E-state index in [9.17, 15) is 9.90 Å². The van der Waals surface area contributed by atoms with E-state index in [1.165, 1.54) is 16.7 Å². The topological polar surface area (TPSA) is 69.2 Å². The number of nitrogens with one attached hydrogen (secondary N) is 1. The summed E-state index contributed by atoms with van der Waals surface area (Å²) in [5.41, 5.74) is 5.58. The molecule has 0 radical (unpaired) electrons. The van der Waals surface area contributed by atoms with Gasteiger partial charge in [-0.25, -0.2) is 4.79 Å². The molecular formula is C20H19N3O2. The maximum absolute atomic E-state index is 11.3.